The lowest BCUT2D eigenvalue weighted by atomic mass is 10.2. The van der Waals surface area contributed by atoms with E-state index in [1.165, 1.54) is 17.8 Å². The van der Waals surface area contributed by atoms with Gasteiger partial charge in [-0.15, -0.1) is 0 Å². The first-order chi connectivity index (χ1) is 17.5. The number of aromatic nitrogens is 4. The van der Waals surface area contributed by atoms with Gasteiger partial charge in [0.1, 0.15) is 35.8 Å². The molecule has 0 amide bonds. The molecule has 198 valence electrons. The summed E-state index contributed by atoms with van der Waals surface area (Å²) in [5.41, 5.74) is 4.48. The van der Waals surface area contributed by atoms with Crippen LogP contribution < -0.4 is 15.3 Å². The minimum absolute atomic E-state index is 0.00436. The second kappa shape index (κ2) is 9.30. The largest absolute Gasteiger partial charge is 0.462 e. The van der Waals surface area contributed by atoms with Crippen molar-refractivity contribution >= 4 is 30.7 Å². The molecule has 5 rings (SSSR count). The number of hydrogen-bond acceptors (Lipinski definition) is 11. The van der Waals surface area contributed by atoms with E-state index in [1.54, 1.807) is 44.2 Å². The predicted molar refractivity (Wildman–Crippen MR) is 127 cm³/mol. The van der Waals surface area contributed by atoms with E-state index >= 15 is 0 Å². The number of fused-ring (bicyclic) bond motifs is 2. The Bertz CT molecular complexity index is 1370. The van der Waals surface area contributed by atoms with Crippen molar-refractivity contribution in [3.05, 3.63) is 42.7 Å². The van der Waals surface area contributed by atoms with E-state index in [1.807, 2.05) is 0 Å². The summed E-state index contributed by atoms with van der Waals surface area (Å²) in [6.45, 7) is 4.84. The fourth-order valence-electron chi connectivity index (χ4n) is 4.18. The van der Waals surface area contributed by atoms with E-state index in [2.05, 4.69) is 20.0 Å². The zero-order valence-electron chi connectivity index (χ0n) is 20.1. The molecule has 2 aromatic heterocycles. The van der Waals surface area contributed by atoms with Gasteiger partial charge in [0.25, 0.3) is 0 Å². The van der Waals surface area contributed by atoms with E-state index in [0.29, 0.717) is 0 Å². The van der Waals surface area contributed by atoms with E-state index in [4.69, 9.17) is 24.3 Å². The van der Waals surface area contributed by atoms with Gasteiger partial charge in [0, 0.05) is 6.42 Å². The molecule has 15 heteroatoms. The van der Waals surface area contributed by atoms with Gasteiger partial charge < -0.3 is 24.8 Å². The van der Waals surface area contributed by atoms with Gasteiger partial charge in [-0.05, 0) is 32.9 Å². The van der Waals surface area contributed by atoms with Gasteiger partial charge in [0.05, 0.1) is 12.4 Å². The zero-order chi connectivity index (χ0) is 26.5. The first-order valence-electron chi connectivity index (χ1n) is 11.5. The second-order valence-electron chi connectivity index (χ2n) is 9.17. The van der Waals surface area contributed by atoms with Crippen LogP contribution >= 0.6 is 7.75 Å². The summed E-state index contributed by atoms with van der Waals surface area (Å²) in [6, 6.07) is 7.20. The second-order valence-corrected chi connectivity index (χ2v) is 10.8. The molecule has 2 aliphatic rings. The number of hydrogen-bond donors (Lipinski definition) is 3. The van der Waals surface area contributed by atoms with Crippen LogP contribution in [-0.2, 0) is 23.4 Å². The molecule has 0 radical (unpaired) electrons. The number of aliphatic hydroxyl groups is 1. The Hall–Kier alpha value is -3.16. The van der Waals surface area contributed by atoms with Gasteiger partial charge in [-0.25, -0.2) is 9.55 Å². The summed E-state index contributed by atoms with van der Waals surface area (Å²) in [6.07, 6.45) is -2.74. The van der Waals surface area contributed by atoms with Gasteiger partial charge in [0.15, 0.2) is 17.0 Å². The molecule has 13 nitrogen and oxygen atoms in total. The van der Waals surface area contributed by atoms with Crippen molar-refractivity contribution in [2.75, 3.05) is 5.73 Å². The number of nitrogens with zero attached hydrogens (tertiary/aromatic N) is 4. The number of anilines is 1. The highest BCUT2D eigenvalue weighted by Gasteiger charge is 2.74. The molecule has 1 saturated heterocycles. The van der Waals surface area contributed by atoms with Gasteiger partial charge in [-0.2, -0.15) is 19.4 Å². The van der Waals surface area contributed by atoms with Crippen LogP contribution in [0.25, 0.3) is 11.2 Å². The third-order valence-corrected chi connectivity index (χ3v) is 7.63. The maximum atomic E-state index is 13.7. The van der Waals surface area contributed by atoms with Crippen LogP contribution in [0.2, 0.25) is 0 Å². The molecular formula is C22H26FN6O7P. The summed E-state index contributed by atoms with van der Waals surface area (Å²) < 4.78 is 51.4. The van der Waals surface area contributed by atoms with Gasteiger partial charge in [0.2, 0.25) is 0 Å². The Balaban J connectivity index is 1.32. The van der Waals surface area contributed by atoms with Crippen LogP contribution in [0.15, 0.2) is 36.7 Å². The summed E-state index contributed by atoms with van der Waals surface area (Å²) in [5, 5.41) is 13.7. The predicted octanol–water partition coefficient (Wildman–Crippen LogP) is 2.08. The highest BCUT2D eigenvalue weighted by Crippen LogP contribution is 2.61. The van der Waals surface area contributed by atoms with Crippen LogP contribution in [0.3, 0.4) is 0 Å². The molecule has 6 atom stereocenters. The number of nitrogen functional groups attached to an aromatic ring is 1. The molecule has 1 saturated carbocycles. The maximum absolute atomic E-state index is 13.7. The number of halogens is 1. The minimum Gasteiger partial charge on any atom is -0.462 e. The number of esters is 1. The molecule has 37 heavy (non-hydrogen) atoms. The molecule has 0 bridgehead atoms. The standard InChI is InChI=1S/C22H26FN6O7P/c1-11(2)33-20(30)12(3)28-37(32,35-13-7-5-4-6-8-13)36-17-16-22(17,31)9-14(34-16)29-10-25-15-18(24)26-21(23)27-19(15)29/h4-8,10-12,14,16-17,31H,9H2,1-3H3,(H,28,32)(H2,24,26,27). The summed E-state index contributed by atoms with van der Waals surface area (Å²) in [7, 11) is -4.21. The molecule has 6 unspecified atom stereocenters. The molecule has 3 heterocycles. The van der Waals surface area contributed by atoms with Crippen LogP contribution in [0.1, 0.15) is 33.4 Å². The first-order valence-corrected chi connectivity index (χ1v) is 13.1. The highest BCUT2D eigenvalue weighted by atomic mass is 31.2. The van der Waals surface area contributed by atoms with Gasteiger partial charge in [-0.3, -0.25) is 13.9 Å². The molecule has 0 spiro atoms. The monoisotopic (exact) mass is 536 g/mol. The summed E-state index contributed by atoms with van der Waals surface area (Å²) >= 11 is 0. The number of imidazole rings is 1. The molecule has 1 aliphatic carbocycles. The lowest BCUT2D eigenvalue weighted by molar-refractivity contribution is -0.149. The van der Waals surface area contributed by atoms with Crippen molar-refractivity contribution in [2.45, 2.75) is 63.4 Å². The highest BCUT2D eigenvalue weighted by molar-refractivity contribution is 7.52. The van der Waals surface area contributed by atoms with Gasteiger partial charge in [-0.1, -0.05) is 18.2 Å². The van der Waals surface area contributed by atoms with E-state index in [-0.39, 0.29) is 35.3 Å². The Labute approximate surface area is 210 Å². The van der Waals surface area contributed by atoms with E-state index < -0.39 is 49.9 Å². The van der Waals surface area contributed by atoms with Crippen molar-refractivity contribution in [3.8, 4) is 5.75 Å². The molecule has 1 aliphatic heterocycles. The Kier molecular flexibility index (Phi) is 6.40. The average Bonchev–Trinajstić information content (AvgIpc) is 3.13. The summed E-state index contributed by atoms with van der Waals surface area (Å²) in [4.78, 5) is 23.6. The number of nitrogens with one attached hydrogen (secondary N) is 1. The number of rotatable bonds is 9. The first kappa shape index (κ1) is 25.5. The quantitative estimate of drug-likeness (QED) is 0.207. The number of ether oxygens (including phenoxy) is 2. The minimum atomic E-state index is -4.21. The van der Waals surface area contributed by atoms with Crippen molar-refractivity contribution < 1.29 is 37.4 Å². The van der Waals surface area contributed by atoms with Crippen molar-refractivity contribution in [2.24, 2.45) is 0 Å². The topological polar surface area (TPSA) is 173 Å². The Morgan fingerprint density at radius 3 is 2.70 bits per heavy atom. The van der Waals surface area contributed by atoms with Gasteiger partial charge >= 0.3 is 19.8 Å². The third kappa shape index (κ3) is 4.90. The van der Waals surface area contributed by atoms with Crippen LogP contribution in [0.5, 0.6) is 5.75 Å². The lowest BCUT2D eigenvalue weighted by Gasteiger charge is -2.25. The van der Waals surface area contributed by atoms with Crippen LogP contribution in [-0.4, -0.2) is 60.5 Å². The average molecular weight is 536 g/mol. The number of carbonyl (C=O) groups is 1. The number of para-hydroxylation sites is 1. The van der Waals surface area contributed by atoms with E-state index in [0.717, 1.165) is 0 Å². The Morgan fingerprint density at radius 1 is 1.32 bits per heavy atom. The fourth-order valence-corrected chi connectivity index (χ4v) is 5.91. The lowest BCUT2D eigenvalue weighted by Crippen LogP contribution is -2.37. The maximum Gasteiger partial charge on any atom is 0.459 e. The van der Waals surface area contributed by atoms with E-state index in [9.17, 15) is 18.9 Å². The number of nitrogens with two attached hydrogens (primary N) is 1. The normalized spacial score (nSPS) is 27.0. The fraction of sp³-hybridized carbons (Fsp3) is 0.455. The smallest absolute Gasteiger partial charge is 0.459 e. The SMILES string of the molecule is CC(C)OC(=O)C(C)NP(=O)(Oc1ccccc1)OC1C2OC(n3cnc4c(N)nc(F)nc43)CC21O. The molecule has 3 aromatic rings. The number of carbonyl (C=O) groups excluding carboxylic acids is 1. The molecule has 2 fully saturated rings. The molecule has 4 N–H and O–H groups in total. The third-order valence-electron chi connectivity index (χ3n) is 5.97. The zero-order valence-corrected chi connectivity index (χ0v) is 21.0. The molecule has 1 aromatic carbocycles. The van der Waals surface area contributed by atoms with Crippen molar-refractivity contribution in [3.63, 3.8) is 0 Å². The van der Waals surface area contributed by atoms with Crippen molar-refractivity contribution in [1.82, 2.24) is 24.6 Å². The molecular weight excluding hydrogens is 510 g/mol. The number of benzene rings is 1. The van der Waals surface area contributed by atoms with Crippen LogP contribution in [0.4, 0.5) is 10.2 Å². The summed E-state index contributed by atoms with van der Waals surface area (Å²) in [5.74, 6) is -0.551. The Morgan fingerprint density at radius 2 is 2.05 bits per heavy atom. The van der Waals surface area contributed by atoms with Crippen molar-refractivity contribution in [1.29, 1.82) is 0 Å². The van der Waals surface area contributed by atoms with Crippen LogP contribution in [0, 0.1) is 6.08 Å².